The van der Waals surface area contributed by atoms with Crippen molar-refractivity contribution in [1.29, 1.82) is 5.41 Å². The molecular formula is C27H26N4O5. The fraction of sp³-hybridized carbons (Fsp3) is 0.111. The lowest BCUT2D eigenvalue weighted by atomic mass is 10.1. The monoisotopic (exact) mass is 486 g/mol. The number of guanidine groups is 1. The molecule has 9 nitrogen and oxygen atoms in total. The lowest BCUT2D eigenvalue weighted by Gasteiger charge is -2.20. The molecule has 0 atom stereocenters. The van der Waals surface area contributed by atoms with Gasteiger partial charge in [0.25, 0.3) is 5.91 Å². The SMILES string of the molecule is CCOC(=O)CN(C(=O)/C=C/c1ccc(C(=O)Oc2ccc(NC(=N)N)cc2)cc1)c1ccccc1. The van der Waals surface area contributed by atoms with Crippen molar-refractivity contribution in [2.75, 3.05) is 23.4 Å². The summed E-state index contributed by atoms with van der Waals surface area (Å²) in [5.74, 6) is -1.29. The van der Waals surface area contributed by atoms with Crippen molar-refractivity contribution in [3.05, 3.63) is 96.1 Å². The van der Waals surface area contributed by atoms with Crippen molar-refractivity contribution in [1.82, 2.24) is 0 Å². The van der Waals surface area contributed by atoms with E-state index in [1.54, 1.807) is 85.8 Å². The number of hydrogen-bond donors (Lipinski definition) is 3. The Labute approximate surface area is 208 Å². The van der Waals surface area contributed by atoms with Crippen molar-refractivity contribution in [2.24, 2.45) is 5.73 Å². The molecule has 1 amide bonds. The number of hydrogen-bond acceptors (Lipinski definition) is 6. The van der Waals surface area contributed by atoms with E-state index in [9.17, 15) is 14.4 Å². The predicted octanol–water partition coefficient (Wildman–Crippen LogP) is 3.82. The number of esters is 2. The number of carbonyl (C=O) groups is 3. The number of nitrogens with two attached hydrogens (primary N) is 1. The maximum Gasteiger partial charge on any atom is 0.343 e. The van der Waals surface area contributed by atoms with Crippen LogP contribution in [0.15, 0.2) is 84.9 Å². The molecule has 0 heterocycles. The number of para-hydroxylation sites is 1. The highest BCUT2D eigenvalue weighted by Crippen LogP contribution is 2.18. The number of ether oxygens (including phenoxy) is 2. The Balaban J connectivity index is 1.64. The largest absolute Gasteiger partial charge is 0.465 e. The van der Waals surface area contributed by atoms with Gasteiger partial charge in [0.15, 0.2) is 5.96 Å². The van der Waals surface area contributed by atoms with E-state index in [2.05, 4.69) is 5.32 Å². The first-order valence-corrected chi connectivity index (χ1v) is 11.1. The van der Waals surface area contributed by atoms with Crippen LogP contribution in [-0.2, 0) is 14.3 Å². The van der Waals surface area contributed by atoms with Crippen molar-refractivity contribution < 1.29 is 23.9 Å². The van der Waals surface area contributed by atoms with Crippen LogP contribution < -0.4 is 20.7 Å². The van der Waals surface area contributed by atoms with Crippen molar-refractivity contribution >= 4 is 41.3 Å². The molecular weight excluding hydrogens is 460 g/mol. The second kappa shape index (κ2) is 12.5. The van der Waals surface area contributed by atoms with Crippen LogP contribution in [0, 0.1) is 5.41 Å². The summed E-state index contributed by atoms with van der Waals surface area (Å²) in [6.45, 7) is 1.72. The molecule has 0 aromatic heterocycles. The maximum absolute atomic E-state index is 12.9. The van der Waals surface area contributed by atoms with Crippen LogP contribution in [0.1, 0.15) is 22.8 Å². The molecule has 36 heavy (non-hydrogen) atoms. The number of carbonyl (C=O) groups excluding carboxylic acids is 3. The zero-order valence-corrected chi connectivity index (χ0v) is 19.6. The highest BCUT2D eigenvalue weighted by molar-refractivity contribution is 6.06. The van der Waals surface area contributed by atoms with Gasteiger partial charge < -0.3 is 20.5 Å². The second-order valence-electron chi connectivity index (χ2n) is 7.47. The number of nitrogens with one attached hydrogen (secondary N) is 2. The average molecular weight is 487 g/mol. The summed E-state index contributed by atoms with van der Waals surface area (Å²) < 4.78 is 10.4. The lowest BCUT2D eigenvalue weighted by Crippen LogP contribution is -2.35. The lowest BCUT2D eigenvalue weighted by molar-refractivity contribution is -0.142. The van der Waals surface area contributed by atoms with Gasteiger partial charge in [-0.3, -0.25) is 19.9 Å². The Bertz CT molecular complexity index is 1240. The summed E-state index contributed by atoms with van der Waals surface area (Å²) in [6.07, 6.45) is 2.95. The van der Waals surface area contributed by atoms with Gasteiger partial charge in [-0.15, -0.1) is 0 Å². The molecule has 3 aromatic carbocycles. The van der Waals surface area contributed by atoms with Crippen LogP contribution >= 0.6 is 0 Å². The number of rotatable bonds is 9. The van der Waals surface area contributed by atoms with E-state index in [1.807, 2.05) is 6.07 Å². The van der Waals surface area contributed by atoms with E-state index in [0.29, 0.717) is 28.3 Å². The quantitative estimate of drug-likeness (QED) is 0.138. The van der Waals surface area contributed by atoms with Gasteiger partial charge in [-0.2, -0.15) is 0 Å². The molecule has 9 heteroatoms. The summed E-state index contributed by atoms with van der Waals surface area (Å²) in [7, 11) is 0. The van der Waals surface area contributed by atoms with Gasteiger partial charge in [0, 0.05) is 17.5 Å². The first-order valence-electron chi connectivity index (χ1n) is 11.1. The van der Waals surface area contributed by atoms with Crippen LogP contribution in [0.5, 0.6) is 5.75 Å². The van der Waals surface area contributed by atoms with E-state index in [0.717, 1.165) is 0 Å². The standard InChI is InChI=1S/C27H26N4O5/c1-2-35-25(33)18-31(22-6-4-3-5-7-22)24(32)17-10-19-8-11-20(12-9-19)26(34)36-23-15-13-21(14-16-23)30-27(28)29/h3-17H,2,18H2,1H3,(H4,28,29,30)/b17-10+. The fourth-order valence-electron chi connectivity index (χ4n) is 3.16. The van der Waals surface area contributed by atoms with Crippen molar-refractivity contribution in [3.63, 3.8) is 0 Å². The normalized spacial score (nSPS) is 10.5. The Kier molecular flexibility index (Phi) is 8.94. The van der Waals surface area contributed by atoms with Crippen LogP contribution in [-0.4, -0.2) is 37.0 Å². The van der Waals surface area contributed by atoms with Crippen LogP contribution in [0.25, 0.3) is 6.08 Å². The van der Waals surface area contributed by atoms with Crippen molar-refractivity contribution in [2.45, 2.75) is 6.92 Å². The smallest absolute Gasteiger partial charge is 0.343 e. The molecule has 4 N–H and O–H groups in total. The molecule has 0 aliphatic carbocycles. The van der Waals surface area contributed by atoms with E-state index in [4.69, 9.17) is 20.6 Å². The predicted molar refractivity (Wildman–Crippen MR) is 138 cm³/mol. The fourth-order valence-corrected chi connectivity index (χ4v) is 3.16. The molecule has 0 fully saturated rings. The number of anilines is 2. The molecule has 184 valence electrons. The van der Waals surface area contributed by atoms with Crippen LogP contribution in [0.2, 0.25) is 0 Å². The molecule has 3 aromatic rings. The number of amides is 1. The van der Waals surface area contributed by atoms with E-state index in [1.165, 1.54) is 11.0 Å². The molecule has 0 unspecified atom stereocenters. The Morgan fingerprint density at radius 2 is 1.64 bits per heavy atom. The third-order valence-electron chi connectivity index (χ3n) is 4.84. The Morgan fingerprint density at radius 1 is 0.972 bits per heavy atom. The zero-order valence-electron chi connectivity index (χ0n) is 19.6. The van der Waals surface area contributed by atoms with Crippen molar-refractivity contribution in [3.8, 4) is 5.75 Å². The summed E-state index contributed by atoms with van der Waals surface area (Å²) in [5, 5.41) is 9.86. The van der Waals surface area contributed by atoms with Gasteiger partial charge in [-0.25, -0.2) is 4.79 Å². The maximum atomic E-state index is 12.9. The van der Waals surface area contributed by atoms with Crippen LogP contribution in [0.3, 0.4) is 0 Å². The highest BCUT2D eigenvalue weighted by Gasteiger charge is 2.18. The Hall–Kier alpha value is -4.92. The van der Waals surface area contributed by atoms with Gasteiger partial charge in [-0.1, -0.05) is 30.3 Å². The van der Waals surface area contributed by atoms with Gasteiger partial charge in [0.1, 0.15) is 12.3 Å². The molecule has 0 saturated carbocycles. The first-order chi connectivity index (χ1) is 17.4. The highest BCUT2D eigenvalue weighted by atomic mass is 16.5. The minimum absolute atomic E-state index is 0.192. The molecule has 0 bridgehead atoms. The minimum Gasteiger partial charge on any atom is -0.465 e. The minimum atomic E-state index is -0.543. The van der Waals surface area contributed by atoms with Gasteiger partial charge >= 0.3 is 11.9 Å². The molecule has 0 aliphatic heterocycles. The number of nitrogens with zero attached hydrogens (tertiary/aromatic N) is 1. The third-order valence-corrected chi connectivity index (χ3v) is 4.84. The average Bonchev–Trinajstić information content (AvgIpc) is 2.87. The van der Waals surface area contributed by atoms with Gasteiger partial charge in [-0.05, 0) is 67.1 Å². The summed E-state index contributed by atoms with van der Waals surface area (Å²) in [4.78, 5) is 38.6. The number of benzene rings is 3. The molecule has 0 radical (unpaired) electrons. The summed E-state index contributed by atoms with van der Waals surface area (Å²) in [6, 6.07) is 21.8. The van der Waals surface area contributed by atoms with E-state index < -0.39 is 11.9 Å². The second-order valence-corrected chi connectivity index (χ2v) is 7.47. The molecule has 0 saturated heterocycles. The summed E-state index contributed by atoms with van der Waals surface area (Å²) in [5.41, 5.74) is 7.47. The molecule has 0 aliphatic rings. The third kappa shape index (κ3) is 7.56. The molecule has 3 rings (SSSR count). The topological polar surface area (TPSA) is 135 Å². The van der Waals surface area contributed by atoms with E-state index >= 15 is 0 Å². The van der Waals surface area contributed by atoms with E-state index in [-0.39, 0.29) is 25.0 Å². The molecule has 0 spiro atoms. The van der Waals surface area contributed by atoms with Gasteiger partial charge in [0.2, 0.25) is 0 Å². The Morgan fingerprint density at radius 3 is 2.25 bits per heavy atom. The van der Waals surface area contributed by atoms with Crippen LogP contribution in [0.4, 0.5) is 11.4 Å². The zero-order chi connectivity index (χ0) is 25.9. The summed E-state index contributed by atoms with van der Waals surface area (Å²) >= 11 is 0. The van der Waals surface area contributed by atoms with Gasteiger partial charge in [0.05, 0.1) is 12.2 Å². The first kappa shape index (κ1) is 25.7.